The highest BCUT2D eigenvalue weighted by atomic mass is 16.5. The highest BCUT2D eigenvalue weighted by molar-refractivity contribution is 5.83. The van der Waals surface area contributed by atoms with Crippen LogP contribution >= 0.6 is 0 Å². The zero-order valence-electron chi connectivity index (χ0n) is 18.4. The van der Waals surface area contributed by atoms with Gasteiger partial charge in [0.15, 0.2) is 0 Å². The second kappa shape index (κ2) is 9.86. The van der Waals surface area contributed by atoms with Gasteiger partial charge in [-0.25, -0.2) is 4.98 Å². The van der Waals surface area contributed by atoms with Crippen LogP contribution in [0.15, 0.2) is 54.7 Å². The van der Waals surface area contributed by atoms with Crippen LogP contribution in [0.25, 0.3) is 11.3 Å². The van der Waals surface area contributed by atoms with Crippen molar-refractivity contribution in [2.75, 3.05) is 7.11 Å². The fourth-order valence-corrected chi connectivity index (χ4v) is 4.34. The van der Waals surface area contributed by atoms with Crippen LogP contribution < -0.4 is 4.74 Å². The zero-order valence-corrected chi connectivity index (χ0v) is 18.4. The van der Waals surface area contributed by atoms with Gasteiger partial charge in [0.2, 0.25) is 0 Å². The maximum absolute atomic E-state index is 12.8. The summed E-state index contributed by atoms with van der Waals surface area (Å²) in [7, 11) is 1.66. The van der Waals surface area contributed by atoms with Crippen molar-refractivity contribution in [1.82, 2.24) is 9.97 Å². The Balaban J connectivity index is 1.55. The number of methoxy groups -OCH3 is 1. The van der Waals surface area contributed by atoms with E-state index in [1.165, 1.54) is 31.2 Å². The van der Waals surface area contributed by atoms with E-state index < -0.39 is 0 Å². The van der Waals surface area contributed by atoms with Gasteiger partial charge in [-0.1, -0.05) is 55.5 Å². The molecule has 1 aromatic heterocycles. The maximum atomic E-state index is 12.8. The SMILES string of the molecule is COc1ccc(-c2cnc(CC(=O)Cc3ccc(C)cc3)c(CC3CCCC3)n2)cc1. The van der Waals surface area contributed by atoms with Gasteiger partial charge >= 0.3 is 0 Å². The molecule has 0 bridgehead atoms. The summed E-state index contributed by atoms with van der Waals surface area (Å²) in [6.07, 6.45) is 8.54. The standard InChI is InChI=1S/C27H30N2O2/c1-19-7-9-21(10-8-19)15-23(30)17-25-26(16-20-5-3-4-6-20)29-27(18-28-25)22-11-13-24(31-2)14-12-22/h7-14,18,20H,3-6,15-17H2,1-2H3. The third-order valence-electron chi connectivity index (χ3n) is 6.16. The van der Waals surface area contributed by atoms with Crippen LogP contribution in [-0.4, -0.2) is 22.9 Å². The average molecular weight is 415 g/mol. The van der Waals surface area contributed by atoms with Crippen LogP contribution in [0.5, 0.6) is 5.75 Å². The number of carbonyl (C=O) groups is 1. The largest absolute Gasteiger partial charge is 0.497 e. The number of aromatic nitrogens is 2. The van der Waals surface area contributed by atoms with E-state index in [0.717, 1.165) is 40.4 Å². The number of rotatable bonds is 8. The normalized spacial score (nSPS) is 14.0. The second-order valence-corrected chi connectivity index (χ2v) is 8.61. The van der Waals surface area contributed by atoms with Crippen LogP contribution in [0.3, 0.4) is 0 Å². The number of carbonyl (C=O) groups excluding carboxylic acids is 1. The summed E-state index contributed by atoms with van der Waals surface area (Å²) in [6.45, 7) is 2.06. The second-order valence-electron chi connectivity index (χ2n) is 8.61. The van der Waals surface area contributed by atoms with E-state index in [2.05, 4.69) is 19.1 Å². The molecule has 2 aromatic carbocycles. The van der Waals surface area contributed by atoms with E-state index >= 15 is 0 Å². The molecule has 0 saturated heterocycles. The van der Waals surface area contributed by atoms with Gasteiger partial charge in [-0.05, 0) is 49.1 Å². The van der Waals surface area contributed by atoms with Gasteiger partial charge in [0.05, 0.1) is 36.8 Å². The predicted octanol–water partition coefficient (Wildman–Crippen LogP) is 5.55. The van der Waals surface area contributed by atoms with E-state index in [4.69, 9.17) is 14.7 Å². The first-order valence-corrected chi connectivity index (χ1v) is 11.2. The number of hydrogen-bond donors (Lipinski definition) is 0. The molecule has 1 heterocycles. The smallest absolute Gasteiger partial charge is 0.143 e. The van der Waals surface area contributed by atoms with Crippen LogP contribution in [-0.2, 0) is 24.1 Å². The average Bonchev–Trinajstić information content (AvgIpc) is 3.30. The number of ketones is 1. The van der Waals surface area contributed by atoms with Gasteiger partial charge in [-0.2, -0.15) is 0 Å². The molecule has 0 amide bonds. The summed E-state index contributed by atoms with van der Waals surface area (Å²) in [4.78, 5) is 22.5. The molecule has 0 aliphatic heterocycles. The van der Waals surface area contributed by atoms with Gasteiger partial charge in [-0.3, -0.25) is 9.78 Å². The molecule has 1 aliphatic rings. The Morgan fingerprint density at radius 1 is 0.968 bits per heavy atom. The first-order chi connectivity index (χ1) is 15.1. The molecule has 1 saturated carbocycles. The number of Topliss-reactive ketones (excluding diaryl/α,β-unsaturated/α-hetero) is 1. The first-order valence-electron chi connectivity index (χ1n) is 11.2. The molecule has 0 radical (unpaired) electrons. The number of nitrogens with zero attached hydrogens (tertiary/aromatic N) is 2. The minimum Gasteiger partial charge on any atom is -0.497 e. The van der Waals surface area contributed by atoms with Crippen molar-refractivity contribution in [2.24, 2.45) is 5.92 Å². The number of hydrogen-bond acceptors (Lipinski definition) is 4. The quantitative estimate of drug-likeness (QED) is 0.485. The molecule has 1 fully saturated rings. The summed E-state index contributed by atoms with van der Waals surface area (Å²) < 4.78 is 5.26. The predicted molar refractivity (Wildman–Crippen MR) is 123 cm³/mol. The maximum Gasteiger partial charge on any atom is 0.143 e. The molecule has 4 heteroatoms. The molecular weight excluding hydrogens is 384 g/mol. The van der Waals surface area contributed by atoms with Crippen molar-refractivity contribution in [3.8, 4) is 17.0 Å². The Kier molecular flexibility index (Phi) is 6.76. The molecule has 4 nitrogen and oxygen atoms in total. The van der Waals surface area contributed by atoms with E-state index in [0.29, 0.717) is 18.8 Å². The molecule has 160 valence electrons. The number of aryl methyl sites for hydroxylation is 1. The number of ether oxygens (including phenoxy) is 1. The highest BCUT2D eigenvalue weighted by Crippen LogP contribution is 2.29. The molecule has 0 atom stereocenters. The van der Waals surface area contributed by atoms with Crippen LogP contribution in [0.1, 0.15) is 48.2 Å². The van der Waals surface area contributed by atoms with Crippen LogP contribution in [0.4, 0.5) is 0 Å². The van der Waals surface area contributed by atoms with Gasteiger partial charge < -0.3 is 4.74 Å². The number of benzene rings is 2. The van der Waals surface area contributed by atoms with Crippen LogP contribution in [0, 0.1) is 12.8 Å². The van der Waals surface area contributed by atoms with Gasteiger partial charge in [0, 0.05) is 12.0 Å². The van der Waals surface area contributed by atoms with Crippen molar-refractivity contribution < 1.29 is 9.53 Å². The lowest BCUT2D eigenvalue weighted by atomic mass is 9.97. The van der Waals surface area contributed by atoms with E-state index in [1.807, 2.05) is 36.4 Å². The van der Waals surface area contributed by atoms with E-state index in [9.17, 15) is 4.79 Å². The Bertz CT molecular complexity index is 1020. The Hall–Kier alpha value is -3.01. The van der Waals surface area contributed by atoms with E-state index in [-0.39, 0.29) is 5.78 Å². The van der Waals surface area contributed by atoms with Crippen molar-refractivity contribution in [1.29, 1.82) is 0 Å². The molecule has 0 unspecified atom stereocenters. The lowest BCUT2D eigenvalue weighted by Gasteiger charge is -2.14. The van der Waals surface area contributed by atoms with Gasteiger partial charge in [-0.15, -0.1) is 0 Å². The summed E-state index contributed by atoms with van der Waals surface area (Å²) in [6, 6.07) is 16.1. The van der Waals surface area contributed by atoms with Crippen molar-refractivity contribution in [2.45, 2.75) is 51.9 Å². The first kappa shape index (κ1) is 21.2. The summed E-state index contributed by atoms with van der Waals surface area (Å²) >= 11 is 0. The molecule has 0 spiro atoms. The van der Waals surface area contributed by atoms with Gasteiger partial charge in [0.1, 0.15) is 11.5 Å². The molecule has 0 N–H and O–H groups in total. The molecule has 1 aliphatic carbocycles. The third-order valence-corrected chi connectivity index (χ3v) is 6.16. The molecule has 3 aromatic rings. The fraction of sp³-hybridized carbons (Fsp3) is 0.370. The minimum atomic E-state index is 0.183. The lowest BCUT2D eigenvalue weighted by Crippen LogP contribution is -2.13. The molecular formula is C27H30N2O2. The Morgan fingerprint density at radius 3 is 2.35 bits per heavy atom. The summed E-state index contributed by atoms with van der Waals surface area (Å²) in [5.74, 6) is 1.65. The van der Waals surface area contributed by atoms with E-state index in [1.54, 1.807) is 13.3 Å². The summed E-state index contributed by atoms with van der Waals surface area (Å²) in [5, 5.41) is 0. The topological polar surface area (TPSA) is 52.1 Å². The minimum absolute atomic E-state index is 0.183. The van der Waals surface area contributed by atoms with Crippen molar-refractivity contribution in [3.63, 3.8) is 0 Å². The third kappa shape index (κ3) is 5.57. The molecule has 4 rings (SSSR count). The summed E-state index contributed by atoms with van der Waals surface area (Å²) in [5.41, 5.74) is 5.94. The highest BCUT2D eigenvalue weighted by Gasteiger charge is 2.20. The zero-order chi connectivity index (χ0) is 21.6. The van der Waals surface area contributed by atoms with Crippen molar-refractivity contribution >= 4 is 5.78 Å². The van der Waals surface area contributed by atoms with Gasteiger partial charge in [0.25, 0.3) is 0 Å². The lowest BCUT2D eigenvalue weighted by molar-refractivity contribution is -0.117. The van der Waals surface area contributed by atoms with Crippen LogP contribution in [0.2, 0.25) is 0 Å². The monoisotopic (exact) mass is 414 g/mol. The van der Waals surface area contributed by atoms with Crippen molar-refractivity contribution in [3.05, 3.63) is 77.2 Å². The fourth-order valence-electron chi connectivity index (χ4n) is 4.34. The Labute approximate surface area is 184 Å². The Morgan fingerprint density at radius 2 is 1.68 bits per heavy atom. The molecule has 31 heavy (non-hydrogen) atoms.